The van der Waals surface area contributed by atoms with Gasteiger partial charge in [0.15, 0.2) is 0 Å². The number of hydrazine groups is 1. The molecule has 0 aromatic heterocycles. The minimum atomic E-state index is 0.462. The molecule has 0 heterocycles. The first-order valence-corrected chi connectivity index (χ1v) is 8.39. The fourth-order valence-electron chi connectivity index (χ4n) is 4.72. The summed E-state index contributed by atoms with van der Waals surface area (Å²) in [4.78, 5) is 0. The van der Waals surface area contributed by atoms with Crippen LogP contribution in [0, 0.1) is 11.8 Å². The average Bonchev–Trinajstić information content (AvgIpc) is 2.93. The molecule has 1 aromatic rings. The van der Waals surface area contributed by atoms with E-state index < -0.39 is 0 Å². The minimum absolute atomic E-state index is 0.462. The summed E-state index contributed by atoms with van der Waals surface area (Å²) in [6, 6.07) is 9.43. The SMILES string of the molecule is CCC1CCCCC1C(NN)C1CCc2ccccc21. The van der Waals surface area contributed by atoms with E-state index in [4.69, 9.17) is 5.84 Å². The molecule has 2 heteroatoms. The van der Waals surface area contributed by atoms with Crippen molar-refractivity contribution in [3.63, 3.8) is 0 Å². The number of rotatable bonds is 4. The first-order valence-electron chi connectivity index (χ1n) is 8.39. The number of nitrogens with two attached hydrogens (primary N) is 1. The van der Waals surface area contributed by atoms with Gasteiger partial charge in [0.2, 0.25) is 0 Å². The van der Waals surface area contributed by atoms with E-state index in [1.165, 1.54) is 44.9 Å². The fourth-order valence-corrected chi connectivity index (χ4v) is 4.72. The highest BCUT2D eigenvalue weighted by molar-refractivity contribution is 5.36. The van der Waals surface area contributed by atoms with Crippen LogP contribution in [0.25, 0.3) is 0 Å². The molecule has 0 amide bonds. The van der Waals surface area contributed by atoms with Crippen LogP contribution in [0.4, 0.5) is 0 Å². The fraction of sp³-hybridized carbons (Fsp3) is 0.667. The number of nitrogens with one attached hydrogen (secondary N) is 1. The van der Waals surface area contributed by atoms with Crippen LogP contribution in [0.15, 0.2) is 24.3 Å². The predicted molar refractivity (Wildman–Crippen MR) is 84.4 cm³/mol. The molecule has 1 saturated carbocycles. The second-order valence-electron chi connectivity index (χ2n) is 6.65. The monoisotopic (exact) mass is 272 g/mol. The van der Waals surface area contributed by atoms with E-state index in [-0.39, 0.29) is 0 Å². The van der Waals surface area contributed by atoms with Gasteiger partial charge in [0, 0.05) is 12.0 Å². The molecule has 2 nitrogen and oxygen atoms in total. The van der Waals surface area contributed by atoms with Crippen molar-refractivity contribution in [1.82, 2.24) is 5.43 Å². The van der Waals surface area contributed by atoms with E-state index in [1.54, 1.807) is 11.1 Å². The quantitative estimate of drug-likeness (QED) is 0.647. The Labute approximate surface area is 123 Å². The Morgan fingerprint density at radius 3 is 2.80 bits per heavy atom. The Bertz CT molecular complexity index is 443. The van der Waals surface area contributed by atoms with E-state index in [0.29, 0.717) is 12.0 Å². The maximum absolute atomic E-state index is 6.01. The van der Waals surface area contributed by atoms with Gasteiger partial charge in [-0.25, -0.2) is 0 Å². The molecule has 1 aromatic carbocycles. The topological polar surface area (TPSA) is 38.0 Å². The van der Waals surface area contributed by atoms with Crippen molar-refractivity contribution in [3.05, 3.63) is 35.4 Å². The first kappa shape index (κ1) is 14.1. The predicted octanol–water partition coefficient (Wildman–Crippen LogP) is 3.76. The van der Waals surface area contributed by atoms with Crippen molar-refractivity contribution in [2.24, 2.45) is 17.7 Å². The van der Waals surface area contributed by atoms with Gasteiger partial charge >= 0.3 is 0 Å². The Kier molecular flexibility index (Phi) is 4.42. The van der Waals surface area contributed by atoms with Gasteiger partial charge in [-0.2, -0.15) is 0 Å². The van der Waals surface area contributed by atoms with Crippen molar-refractivity contribution in [2.45, 2.75) is 63.8 Å². The zero-order chi connectivity index (χ0) is 13.9. The molecule has 4 atom stereocenters. The van der Waals surface area contributed by atoms with Gasteiger partial charge in [-0.15, -0.1) is 0 Å². The van der Waals surface area contributed by atoms with Gasteiger partial charge in [0.25, 0.3) is 0 Å². The number of benzene rings is 1. The van der Waals surface area contributed by atoms with Gasteiger partial charge in [-0.1, -0.05) is 56.9 Å². The zero-order valence-corrected chi connectivity index (χ0v) is 12.6. The molecule has 0 bridgehead atoms. The lowest BCUT2D eigenvalue weighted by molar-refractivity contribution is 0.157. The van der Waals surface area contributed by atoms with Crippen LogP contribution in [-0.2, 0) is 6.42 Å². The van der Waals surface area contributed by atoms with Crippen LogP contribution in [0.5, 0.6) is 0 Å². The molecular weight excluding hydrogens is 244 g/mol. The summed E-state index contributed by atoms with van der Waals surface area (Å²) in [5, 5.41) is 0. The Hall–Kier alpha value is -0.860. The van der Waals surface area contributed by atoms with Crippen LogP contribution in [0.3, 0.4) is 0 Å². The Morgan fingerprint density at radius 2 is 2.00 bits per heavy atom. The summed E-state index contributed by atoms with van der Waals surface area (Å²) >= 11 is 0. The number of hydrogen-bond acceptors (Lipinski definition) is 2. The van der Waals surface area contributed by atoms with E-state index in [1.807, 2.05) is 0 Å². The molecule has 4 unspecified atom stereocenters. The summed E-state index contributed by atoms with van der Waals surface area (Å²) < 4.78 is 0. The third kappa shape index (κ3) is 2.51. The van der Waals surface area contributed by atoms with Crippen LogP contribution in [0.1, 0.15) is 62.5 Å². The molecule has 3 N–H and O–H groups in total. The third-order valence-electron chi connectivity index (χ3n) is 5.76. The molecule has 2 aliphatic carbocycles. The van der Waals surface area contributed by atoms with E-state index in [2.05, 4.69) is 36.6 Å². The standard InChI is InChI=1S/C18H28N2/c1-2-13-7-3-6-10-16(13)18(20-19)17-12-11-14-8-4-5-9-15(14)17/h4-5,8-9,13,16-18,20H,2-3,6-7,10-12,19H2,1H3. The first-order chi connectivity index (χ1) is 9.85. The molecule has 0 radical (unpaired) electrons. The maximum Gasteiger partial charge on any atom is 0.0310 e. The van der Waals surface area contributed by atoms with E-state index in [9.17, 15) is 0 Å². The number of fused-ring (bicyclic) bond motifs is 1. The molecule has 3 rings (SSSR count). The largest absolute Gasteiger partial charge is 0.271 e. The maximum atomic E-state index is 6.01. The molecule has 2 aliphatic rings. The molecule has 0 aliphatic heterocycles. The summed E-state index contributed by atoms with van der Waals surface area (Å²) in [5.74, 6) is 8.24. The van der Waals surface area contributed by atoms with Crippen LogP contribution >= 0.6 is 0 Å². The smallest absolute Gasteiger partial charge is 0.0310 e. The second-order valence-corrected chi connectivity index (χ2v) is 6.65. The lowest BCUT2D eigenvalue weighted by atomic mass is 9.70. The molecule has 0 spiro atoms. The zero-order valence-electron chi connectivity index (χ0n) is 12.6. The minimum Gasteiger partial charge on any atom is -0.271 e. The summed E-state index contributed by atoms with van der Waals surface area (Å²) in [6.07, 6.45) is 9.34. The molecule has 0 saturated heterocycles. The average molecular weight is 272 g/mol. The van der Waals surface area contributed by atoms with E-state index in [0.717, 1.165) is 11.8 Å². The Morgan fingerprint density at radius 1 is 1.20 bits per heavy atom. The van der Waals surface area contributed by atoms with Crippen LogP contribution in [-0.4, -0.2) is 6.04 Å². The highest BCUT2D eigenvalue weighted by atomic mass is 15.2. The van der Waals surface area contributed by atoms with Crippen LogP contribution in [0.2, 0.25) is 0 Å². The summed E-state index contributed by atoms with van der Waals surface area (Å²) in [6.45, 7) is 2.35. The normalized spacial score (nSPS) is 31.0. The molecule has 20 heavy (non-hydrogen) atoms. The Balaban J connectivity index is 1.83. The molecular formula is C18H28N2. The van der Waals surface area contributed by atoms with Gasteiger partial charge in [-0.3, -0.25) is 11.3 Å². The molecule has 110 valence electrons. The summed E-state index contributed by atoms with van der Waals surface area (Å²) in [7, 11) is 0. The van der Waals surface area contributed by atoms with Gasteiger partial charge in [0.05, 0.1) is 0 Å². The lowest BCUT2D eigenvalue weighted by Crippen LogP contribution is -2.47. The number of aryl methyl sites for hydroxylation is 1. The highest BCUT2D eigenvalue weighted by Crippen LogP contribution is 2.43. The van der Waals surface area contributed by atoms with Gasteiger partial charge in [-0.05, 0) is 42.2 Å². The third-order valence-corrected chi connectivity index (χ3v) is 5.76. The summed E-state index contributed by atoms with van der Waals surface area (Å²) in [5.41, 5.74) is 6.31. The van der Waals surface area contributed by atoms with Crippen molar-refractivity contribution in [2.75, 3.05) is 0 Å². The van der Waals surface area contributed by atoms with Crippen molar-refractivity contribution < 1.29 is 0 Å². The van der Waals surface area contributed by atoms with Gasteiger partial charge in [0.1, 0.15) is 0 Å². The van der Waals surface area contributed by atoms with Crippen molar-refractivity contribution in [1.29, 1.82) is 0 Å². The van der Waals surface area contributed by atoms with Crippen molar-refractivity contribution >= 4 is 0 Å². The second kappa shape index (κ2) is 6.28. The number of hydrogen-bond donors (Lipinski definition) is 2. The molecule has 1 fully saturated rings. The lowest BCUT2D eigenvalue weighted by Gasteiger charge is -2.39. The van der Waals surface area contributed by atoms with Crippen LogP contribution < -0.4 is 11.3 Å². The van der Waals surface area contributed by atoms with E-state index >= 15 is 0 Å². The highest BCUT2D eigenvalue weighted by Gasteiger charge is 2.37. The van der Waals surface area contributed by atoms with Gasteiger partial charge < -0.3 is 0 Å². The van der Waals surface area contributed by atoms with Crippen molar-refractivity contribution in [3.8, 4) is 0 Å².